The normalized spacial score (nSPS) is 14.3. The van der Waals surface area contributed by atoms with Crippen LogP contribution in [0.2, 0.25) is 0 Å². The number of hydrogen-bond donors (Lipinski definition) is 0. The van der Waals surface area contributed by atoms with E-state index in [1.807, 2.05) is 51.1 Å². The highest BCUT2D eigenvalue weighted by molar-refractivity contribution is 5.91. The lowest BCUT2D eigenvalue weighted by Crippen LogP contribution is -2.39. The van der Waals surface area contributed by atoms with Crippen molar-refractivity contribution in [3.63, 3.8) is 0 Å². The van der Waals surface area contributed by atoms with Gasteiger partial charge in [-0.25, -0.2) is 14.2 Å². The molecule has 3 heterocycles. The number of carbonyl (C=O) groups excluding carboxylic acids is 1. The zero-order chi connectivity index (χ0) is 25.6. The minimum atomic E-state index is -0.509. The van der Waals surface area contributed by atoms with Crippen molar-refractivity contribution in [3.05, 3.63) is 60.1 Å². The molecule has 0 saturated carbocycles. The molecule has 0 aliphatic carbocycles. The van der Waals surface area contributed by atoms with Crippen LogP contribution in [0.5, 0.6) is 5.75 Å². The Balaban J connectivity index is 1.43. The standard InChI is InChI=1S/C28H29FN4O3/c1-28(2,3)36-27(34)33-12-10-17(11-13-33)18-6-8-22-19(14-18)7-9-23(30-22)21-15-20-16-32(4)31-25(20)24(29)26(21)35-5/h6-10,14-16H,11-13H2,1-5H3. The van der Waals surface area contributed by atoms with Crippen molar-refractivity contribution in [1.82, 2.24) is 19.7 Å². The largest absolute Gasteiger partial charge is 0.493 e. The molecule has 0 unspecified atom stereocenters. The molecule has 2 aromatic heterocycles. The Labute approximate surface area is 209 Å². The molecule has 0 radical (unpaired) electrons. The van der Waals surface area contributed by atoms with E-state index in [0.717, 1.165) is 22.9 Å². The van der Waals surface area contributed by atoms with Gasteiger partial charge in [0, 0.05) is 42.7 Å². The highest BCUT2D eigenvalue weighted by Crippen LogP contribution is 2.37. The summed E-state index contributed by atoms with van der Waals surface area (Å²) in [7, 11) is 3.21. The Bertz CT molecular complexity index is 1520. The second-order valence-corrected chi connectivity index (χ2v) is 10.0. The van der Waals surface area contributed by atoms with Gasteiger partial charge in [-0.1, -0.05) is 18.2 Å². The number of fused-ring (bicyclic) bond motifs is 2. The molecule has 36 heavy (non-hydrogen) atoms. The summed E-state index contributed by atoms with van der Waals surface area (Å²) in [6.45, 7) is 6.73. The van der Waals surface area contributed by atoms with Gasteiger partial charge in [-0.15, -0.1) is 0 Å². The zero-order valence-electron chi connectivity index (χ0n) is 21.1. The number of halogens is 1. The molecule has 0 fully saturated rings. The Morgan fingerprint density at radius 1 is 1.11 bits per heavy atom. The van der Waals surface area contributed by atoms with Gasteiger partial charge in [-0.2, -0.15) is 5.10 Å². The predicted molar refractivity (Wildman–Crippen MR) is 138 cm³/mol. The molecule has 186 valence electrons. The van der Waals surface area contributed by atoms with Crippen LogP contribution in [0.15, 0.2) is 48.7 Å². The van der Waals surface area contributed by atoms with Gasteiger partial charge in [0.2, 0.25) is 0 Å². The number of amides is 1. The maximum absolute atomic E-state index is 15.1. The first-order valence-electron chi connectivity index (χ1n) is 11.9. The van der Waals surface area contributed by atoms with Crippen LogP contribution >= 0.6 is 0 Å². The third-order valence-corrected chi connectivity index (χ3v) is 6.21. The third-order valence-electron chi connectivity index (χ3n) is 6.21. The number of ether oxygens (including phenoxy) is 2. The van der Waals surface area contributed by atoms with Crippen molar-refractivity contribution in [2.75, 3.05) is 20.2 Å². The van der Waals surface area contributed by atoms with E-state index in [9.17, 15) is 4.79 Å². The number of methoxy groups -OCH3 is 1. The quantitative estimate of drug-likeness (QED) is 0.356. The molecule has 7 nitrogen and oxygen atoms in total. The summed E-state index contributed by atoms with van der Waals surface area (Å²) in [6, 6.07) is 11.8. The van der Waals surface area contributed by atoms with E-state index < -0.39 is 11.4 Å². The van der Waals surface area contributed by atoms with Gasteiger partial charge < -0.3 is 14.4 Å². The molecule has 2 aromatic carbocycles. The highest BCUT2D eigenvalue weighted by atomic mass is 19.1. The van der Waals surface area contributed by atoms with Gasteiger partial charge in [0.1, 0.15) is 11.1 Å². The number of pyridine rings is 1. The molecule has 0 bridgehead atoms. The number of hydrogen-bond acceptors (Lipinski definition) is 5. The number of aromatic nitrogens is 3. The summed E-state index contributed by atoms with van der Waals surface area (Å²) < 4.78 is 27.6. The van der Waals surface area contributed by atoms with Gasteiger partial charge in [0.05, 0.1) is 18.3 Å². The molecule has 8 heteroatoms. The van der Waals surface area contributed by atoms with Crippen LogP contribution in [0.1, 0.15) is 32.8 Å². The van der Waals surface area contributed by atoms with Gasteiger partial charge in [0.25, 0.3) is 0 Å². The second-order valence-electron chi connectivity index (χ2n) is 10.0. The van der Waals surface area contributed by atoms with E-state index in [-0.39, 0.29) is 17.4 Å². The third kappa shape index (κ3) is 4.51. The Morgan fingerprint density at radius 2 is 1.92 bits per heavy atom. The highest BCUT2D eigenvalue weighted by Gasteiger charge is 2.24. The minimum absolute atomic E-state index is 0.131. The number of carbonyl (C=O) groups is 1. The van der Waals surface area contributed by atoms with Crippen LogP contribution in [0.4, 0.5) is 9.18 Å². The van der Waals surface area contributed by atoms with Crippen LogP contribution in [0.3, 0.4) is 0 Å². The molecular weight excluding hydrogens is 459 g/mol. The SMILES string of the molecule is COc1c(-c2ccc3cc(C4=CCN(C(=O)OC(C)(C)C)CC4)ccc3n2)cc2cn(C)nc2c1F. The molecule has 0 atom stereocenters. The molecule has 1 aliphatic rings. The average molecular weight is 489 g/mol. The number of aryl methyl sites for hydroxylation is 1. The lowest BCUT2D eigenvalue weighted by Gasteiger charge is -2.29. The fraction of sp³-hybridized carbons (Fsp3) is 0.321. The summed E-state index contributed by atoms with van der Waals surface area (Å²) in [5, 5.41) is 5.87. The van der Waals surface area contributed by atoms with E-state index in [1.54, 1.807) is 22.8 Å². The van der Waals surface area contributed by atoms with Crippen molar-refractivity contribution in [3.8, 4) is 17.0 Å². The maximum Gasteiger partial charge on any atom is 0.410 e. The molecule has 0 spiro atoms. The second kappa shape index (κ2) is 8.93. The first kappa shape index (κ1) is 23.8. The Hall–Kier alpha value is -3.94. The van der Waals surface area contributed by atoms with Gasteiger partial charge in [-0.3, -0.25) is 4.68 Å². The van der Waals surface area contributed by atoms with Crippen LogP contribution in [-0.4, -0.2) is 51.6 Å². The monoisotopic (exact) mass is 488 g/mol. The van der Waals surface area contributed by atoms with E-state index >= 15 is 4.39 Å². The van der Waals surface area contributed by atoms with Gasteiger partial charge >= 0.3 is 6.09 Å². The summed E-state index contributed by atoms with van der Waals surface area (Å²) in [5.41, 5.74) is 4.06. The Kier molecular flexibility index (Phi) is 5.90. The van der Waals surface area contributed by atoms with Crippen molar-refractivity contribution >= 4 is 33.5 Å². The van der Waals surface area contributed by atoms with Gasteiger partial charge in [0.15, 0.2) is 11.6 Å². The van der Waals surface area contributed by atoms with Crippen molar-refractivity contribution in [2.45, 2.75) is 32.8 Å². The number of rotatable bonds is 3. The van der Waals surface area contributed by atoms with E-state index in [4.69, 9.17) is 14.5 Å². The summed E-state index contributed by atoms with van der Waals surface area (Å²) in [6.07, 6.45) is 4.31. The van der Waals surface area contributed by atoms with Crippen molar-refractivity contribution in [1.29, 1.82) is 0 Å². The van der Waals surface area contributed by atoms with E-state index in [1.165, 1.54) is 12.7 Å². The lowest BCUT2D eigenvalue weighted by molar-refractivity contribution is 0.0270. The lowest BCUT2D eigenvalue weighted by atomic mass is 9.97. The average Bonchev–Trinajstić information content (AvgIpc) is 3.23. The first-order chi connectivity index (χ1) is 17.1. The molecule has 4 aromatic rings. The first-order valence-corrected chi connectivity index (χ1v) is 11.9. The van der Waals surface area contributed by atoms with E-state index in [2.05, 4.69) is 17.2 Å². The molecule has 0 N–H and O–H groups in total. The topological polar surface area (TPSA) is 69.5 Å². The predicted octanol–water partition coefficient (Wildman–Crippen LogP) is 5.96. The molecule has 1 aliphatic heterocycles. The fourth-order valence-electron chi connectivity index (χ4n) is 4.52. The van der Waals surface area contributed by atoms with Gasteiger partial charge in [-0.05, 0) is 62.6 Å². The van der Waals surface area contributed by atoms with Crippen molar-refractivity contribution in [2.24, 2.45) is 7.05 Å². The van der Waals surface area contributed by atoms with Crippen LogP contribution < -0.4 is 4.74 Å². The Morgan fingerprint density at radius 3 is 2.61 bits per heavy atom. The minimum Gasteiger partial charge on any atom is -0.493 e. The maximum atomic E-state index is 15.1. The summed E-state index contributed by atoms with van der Waals surface area (Å²) >= 11 is 0. The van der Waals surface area contributed by atoms with E-state index in [0.29, 0.717) is 29.7 Å². The van der Waals surface area contributed by atoms with Crippen LogP contribution in [0, 0.1) is 5.82 Å². The smallest absolute Gasteiger partial charge is 0.410 e. The summed E-state index contributed by atoms with van der Waals surface area (Å²) in [4.78, 5) is 18.9. The number of benzene rings is 2. The molecule has 1 amide bonds. The fourth-order valence-corrected chi connectivity index (χ4v) is 4.52. The molecule has 5 rings (SSSR count). The zero-order valence-corrected chi connectivity index (χ0v) is 21.1. The van der Waals surface area contributed by atoms with Crippen LogP contribution in [0.25, 0.3) is 38.6 Å². The van der Waals surface area contributed by atoms with Crippen molar-refractivity contribution < 1.29 is 18.7 Å². The summed E-state index contributed by atoms with van der Waals surface area (Å²) in [5.74, 6) is -0.362. The number of nitrogens with zero attached hydrogens (tertiary/aromatic N) is 4. The van der Waals surface area contributed by atoms with Crippen LogP contribution in [-0.2, 0) is 11.8 Å². The molecular formula is C28H29FN4O3. The molecule has 0 saturated heterocycles.